The van der Waals surface area contributed by atoms with E-state index in [1.165, 1.54) is 32.1 Å². The van der Waals surface area contributed by atoms with Crippen LogP contribution in [0.2, 0.25) is 0 Å². The fourth-order valence-electron chi connectivity index (χ4n) is 5.03. The molecule has 1 fully saturated rings. The lowest BCUT2D eigenvalue weighted by molar-refractivity contribution is 0.108. The monoisotopic (exact) mass is 478 g/mol. The van der Waals surface area contributed by atoms with Crippen molar-refractivity contribution in [2.75, 3.05) is 20.2 Å². The molecule has 1 atom stereocenters. The van der Waals surface area contributed by atoms with E-state index in [9.17, 15) is 5.11 Å². The number of hydrogen-bond acceptors (Lipinski definition) is 7. The van der Waals surface area contributed by atoms with E-state index < -0.39 is 6.10 Å². The summed E-state index contributed by atoms with van der Waals surface area (Å²) in [5.41, 5.74) is 6.91. The van der Waals surface area contributed by atoms with Crippen molar-refractivity contribution in [1.82, 2.24) is 20.4 Å². The van der Waals surface area contributed by atoms with E-state index in [4.69, 9.17) is 19.2 Å². The minimum absolute atomic E-state index is 0.218. The van der Waals surface area contributed by atoms with E-state index in [1.54, 1.807) is 0 Å². The summed E-state index contributed by atoms with van der Waals surface area (Å²) < 4.78 is 11.4. The van der Waals surface area contributed by atoms with Gasteiger partial charge in [0.25, 0.3) is 0 Å². The van der Waals surface area contributed by atoms with Crippen LogP contribution in [0.3, 0.4) is 0 Å². The Kier molecular flexibility index (Phi) is 8.19. The van der Waals surface area contributed by atoms with Gasteiger partial charge in [0.1, 0.15) is 24.2 Å². The van der Waals surface area contributed by atoms with Crippen LogP contribution in [0, 0.1) is 33.6 Å². The fraction of sp³-hybridized carbons (Fsp3) is 0.536. The number of nitrogens with zero attached hydrogens (tertiary/aromatic N) is 3. The zero-order valence-electron chi connectivity index (χ0n) is 21.6. The second-order valence-corrected chi connectivity index (χ2v) is 9.87. The fourth-order valence-corrected chi connectivity index (χ4v) is 5.03. The van der Waals surface area contributed by atoms with Crippen LogP contribution in [-0.4, -0.2) is 46.5 Å². The van der Waals surface area contributed by atoms with E-state index in [0.717, 1.165) is 51.5 Å². The van der Waals surface area contributed by atoms with E-state index in [2.05, 4.69) is 24.3 Å². The predicted octanol–water partition coefficient (Wildman–Crippen LogP) is 5.11. The van der Waals surface area contributed by atoms with Gasteiger partial charge in [-0.2, -0.15) is 0 Å². The average Bonchev–Trinajstić information content (AvgIpc) is 3.18. The SMILES string of the molecule is CNCC(O)COc1ccc(C)c(-c2nc(CC3CCCCC3)c(C)c(-c3c(C)noc3C)n2)c1. The third-order valence-electron chi connectivity index (χ3n) is 7.06. The molecule has 1 aliphatic rings. The summed E-state index contributed by atoms with van der Waals surface area (Å²) in [5, 5.41) is 17.2. The molecule has 1 saturated carbocycles. The molecule has 0 bridgehead atoms. The molecule has 0 spiro atoms. The lowest BCUT2D eigenvalue weighted by Crippen LogP contribution is -2.29. The molecule has 0 radical (unpaired) electrons. The largest absolute Gasteiger partial charge is 0.491 e. The number of ether oxygens (including phenoxy) is 1. The molecule has 1 unspecified atom stereocenters. The van der Waals surface area contributed by atoms with Gasteiger partial charge in [-0.05, 0) is 70.3 Å². The lowest BCUT2D eigenvalue weighted by Gasteiger charge is -2.23. The summed E-state index contributed by atoms with van der Waals surface area (Å²) in [7, 11) is 1.81. The minimum Gasteiger partial charge on any atom is -0.491 e. The van der Waals surface area contributed by atoms with Gasteiger partial charge < -0.3 is 19.7 Å². The molecular formula is C28H38N4O3. The van der Waals surface area contributed by atoms with Gasteiger partial charge in [0.15, 0.2) is 5.82 Å². The van der Waals surface area contributed by atoms with Crippen molar-refractivity contribution < 1.29 is 14.4 Å². The maximum atomic E-state index is 10.0. The Balaban J connectivity index is 1.76. The highest BCUT2D eigenvalue weighted by atomic mass is 16.5. The van der Waals surface area contributed by atoms with Gasteiger partial charge in [-0.15, -0.1) is 0 Å². The van der Waals surface area contributed by atoms with Crippen molar-refractivity contribution in [3.63, 3.8) is 0 Å². The van der Waals surface area contributed by atoms with Crippen LogP contribution in [0.25, 0.3) is 22.6 Å². The molecule has 3 aromatic rings. The molecule has 0 amide bonds. The second kappa shape index (κ2) is 11.3. The van der Waals surface area contributed by atoms with Gasteiger partial charge in [-0.3, -0.25) is 0 Å². The van der Waals surface area contributed by atoms with Gasteiger partial charge in [0.05, 0.1) is 17.0 Å². The molecular weight excluding hydrogens is 440 g/mol. The molecule has 7 heteroatoms. The zero-order chi connectivity index (χ0) is 24.9. The van der Waals surface area contributed by atoms with E-state index >= 15 is 0 Å². The van der Waals surface area contributed by atoms with Crippen LogP contribution >= 0.6 is 0 Å². The Morgan fingerprint density at radius 3 is 2.57 bits per heavy atom. The summed E-state index contributed by atoms with van der Waals surface area (Å²) in [6.45, 7) is 8.78. The topological polar surface area (TPSA) is 93.3 Å². The molecule has 1 aromatic carbocycles. The van der Waals surface area contributed by atoms with Crippen molar-refractivity contribution in [1.29, 1.82) is 0 Å². The van der Waals surface area contributed by atoms with E-state index in [0.29, 0.717) is 24.0 Å². The first-order valence-corrected chi connectivity index (χ1v) is 12.7. The Morgan fingerprint density at radius 1 is 1.11 bits per heavy atom. The Labute approximate surface area is 208 Å². The third kappa shape index (κ3) is 5.90. The Morgan fingerprint density at radius 2 is 1.89 bits per heavy atom. The van der Waals surface area contributed by atoms with Crippen LogP contribution in [0.4, 0.5) is 0 Å². The number of aryl methyl sites for hydroxylation is 3. The number of aliphatic hydroxyl groups is 1. The first-order valence-electron chi connectivity index (χ1n) is 12.7. The van der Waals surface area contributed by atoms with E-state index in [-0.39, 0.29) is 6.61 Å². The highest BCUT2D eigenvalue weighted by molar-refractivity contribution is 5.72. The normalized spacial score (nSPS) is 15.4. The molecule has 7 nitrogen and oxygen atoms in total. The Hall–Kier alpha value is -2.77. The van der Waals surface area contributed by atoms with Crippen LogP contribution in [0.1, 0.15) is 60.4 Å². The molecule has 2 aromatic heterocycles. The lowest BCUT2D eigenvalue weighted by atomic mass is 9.85. The van der Waals surface area contributed by atoms with Gasteiger partial charge >= 0.3 is 0 Å². The van der Waals surface area contributed by atoms with Crippen LogP contribution in [0.15, 0.2) is 22.7 Å². The van der Waals surface area contributed by atoms with Crippen molar-refractivity contribution in [2.45, 2.75) is 72.3 Å². The van der Waals surface area contributed by atoms with Gasteiger partial charge in [0, 0.05) is 17.8 Å². The van der Waals surface area contributed by atoms with Crippen molar-refractivity contribution in [3.8, 4) is 28.4 Å². The smallest absolute Gasteiger partial charge is 0.160 e. The van der Waals surface area contributed by atoms with Gasteiger partial charge in [0.2, 0.25) is 0 Å². The Bertz CT molecular complexity index is 1130. The summed E-state index contributed by atoms with van der Waals surface area (Å²) in [6, 6.07) is 5.93. The van der Waals surface area contributed by atoms with Crippen LogP contribution < -0.4 is 10.1 Å². The third-order valence-corrected chi connectivity index (χ3v) is 7.06. The number of aromatic nitrogens is 3. The molecule has 35 heavy (non-hydrogen) atoms. The molecule has 2 N–H and O–H groups in total. The summed E-state index contributed by atoms with van der Waals surface area (Å²) in [6.07, 6.45) is 6.85. The highest BCUT2D eigenvalue weighted by Crippen LogP contribution is 2.35. The molecule has 2 heterocycles. The number of aliphatic hydroxyl groups excluding tert-OH is 1. The summed E-state index contributed by atoms with van der Waals surface area (Å²) >= 11 is 0. The molecule has 1 aliphatic carbocycles. The van der Waals surface area contributed by atoms with Crippen molar-refractivity contribution >= 4 is 0 Å². The quantitative estimate of drug-likeness (QED) is 0.441. The van der Waals surface area contributed by atoms with Gasteiger partial charge in [-0.1, -0.05) is 43.3 Å². The van der Waals surface area contributed by atoms with Crippen LogP contribution in [-0.2, 0) is 6.42 Å². The molecule has 4 rings (SSSR count). The summed E-state index contributed by atoms with van der Waals surface area (Å²) in [4.78, 5) is 10.2. The second-order valence-electron chi connectivity index (χ2n) is 9.87. The molecule has 0 saturated heterocycles. The first-order chi connectivity index (χ1) is 16.9. The average molecular weight is 479 g/mol. The van der Waals surface area contributed by atoms with Crippen LogP contribution in [0.5, 0.6) is 5.75 Å². The minimum atomic E-state index is -0.575. The molecule has 0 aliphatic heterocycles. The number of hydrogen-bond donors (Lipinski definition) is 2. The maximum Gasteiger partial charge on any atom is 0.160 e. The predicted molar refractivity (Wildman–Crippen MR) is 138 cm³/mol. The number of rotatable bonds is 9. The number of benzene rings is 1. The number of likely N-dealkylation sites (N-methyl/N-ethyl adjacent to an activating group) is 1. The highest BCUT2D eigenvalue weighted by Gasteiger charge is 2.23. The summed E-state index contributed by atoms with van der Waals surface area (Å²) in [5.74, 6) is 2.81. The molecule has 188 valence electrons. The van der Waals surface area contributed by atoms with Crippen molar-refractivity contribution in [3.05, 3.63) is 46.5 Å². The standard InChI is InChI=1S/C28H38N4O3/c1-17-11-12-23(34-16-22(33)15-29-5)14-24(17)28-30-25(13-21-9-7-6-8-10-21)18(2)27(31-28)26-19(3)32-35-20(26)4/h11-12,14,21-22,29,33H,6-10,13,15-16H2,1-5H3. The maximum absolute atomic E-state index is 10.0. The first kappa shape index (κ1) is 25.3. The zero-order valence-corrected chi connectivity index (χ0v) is 21.6. The van der Waals surface area contributed by atoms with Crippen molar-refractivity contribution in [2.24, 2.45) is 5.92 Å². The number of nitrogens with one attached hydrogen (secondary N) is 1. The van der Waals surface area contributed by atoms with E-state index in [1.807, 2.05) is 39.1 Å². The van der Waals surface area contributed by atoms with Gasteiger partial charge in [-0.25, -0.2) is 9.97 Å².